The van der Waals surface area contributed by atoms with Gasteiger partial charge in [0.15, 0.2) is 0 Å². The van der Waals surface area contributed by atoms with E-state index in [0.29, 0.717) is 0 Å². The zero-order valence-electron chi connectivity index (χ0n) is 10.5. The Labute approximate surface area is 102 Å². The minimum absolute atomic E-state index is 1.09. The van der Waals surface area contributed by atoms with Crippen molar-refractivity contribution in [3.8, 4) is 0 Å². The molecule has 88 valence electrons. The number of rotatable bonds is 0. The van der Waals surface area contributed by atoms with Gasteiger partial charge in [-0.1, -0.05) is 0 Å². The first-order valence-corrected chi connectivity index (χ1v) is 6.34. The number of nitrogens with zero attached hydrogens (tertiary/aromatic N) is 1. The molecule has 1 aliphatic heterocycles. The van der Waals surface area contributed by atoms with Gasteiger partial charge in [-0.3, -0.25) is 4.98 Å². The van der Waals surface area contributed by atoms with Gasteiger partial charge >= 0.3 is 0 Å². The van der Waals surface area contributed by atoms with Gasteiger partial charge in [-0.15, -0.1) is 0 Å². The van der Waals surface area contributed by atoms with Gasteiger partial charge in [0.25, 0.3) is 0 Å². The summed E-state index contributed by atoms with van der Waals surface area (Å²) < 4.78 is 0. The predicted molar refractivity (Wildman–Crippen MR) is 71.5 cm³/mol. The Morgan fingerprint density at radius 2 is 1.71 bits per heavy atom. The quantitative estimate of drug-likeness (QED) is 0.746. The molecule has 1 N–H and O–H groups in total. The lowest BCUT2D eigenvalue weighted by molar-refractivity contribution is 0.711. The third kappa shape index (κ3) is 1.93. The highest BCUT2D eigenvalue weighted by Gasteiger charge is 2.10. The van der Waals surface area contributed by atoms with Gasteiger partial charge in [-0.05, 0) is 74.7 Å². The van der Waals surface area contributed by atoms with Crippen LogP contribution in [-0.2, 0) is 12.8 Å². The standard InChI is InChI=1S/C15H18N2/c1-10-7-14-8-12-3-5-16-6-4-13(12)9-15(14)17-11(10)2/h7-9,16H,3-6H2,1-2H3. The Kier molecular flexibility index (Phi) is 2.60. The Balaban J connectivity index is 2.22. The smallest absolute Gasteiger partial charge is 0.0708 e. The SMILES string of the molecule is Cc1cc2cc3c(cc2nc1C)CCNCC3. The van der Waals surface area contributed by atoms with Gasteiger partial charge in [0.05, 0.1) is 5.52 Å². The van der Waals surface area contributed by atoms with Crippen molar-refractivity contribution < 1.29 is 0 Å². The van der Waals surface area contributed by atoms with Crippen LogP contribution in [-0.4, -0.2) is 18.1 Å². The van der Waals surface area contributed by atoms with Gasteiger partial charge in [-0.2, -0.15) is 0 Å². The van der Waals surface area contributed by atoms with Crippen LogP contribution in [0, 0.1) is 13.8 Å². The molecule has 2 heterocycles. The van der Waals surface area contributed by atoms with Crippen LogP contribution in [0.2, 0.25) is 0 Å². The summed E-state index contributed by atoms with van der Waals surface area (Å²) in [5, 5.41) is 4.74. The Morgan fingerprint density at radius 1 is 1.00 bits per heavy atom. The van der Waals surface area contributed by atoms with E-state index in [9.17, 15) is 0 Å². The molecule has 2 nitrogen and oxygen atoms in total. The fraction of sp³-hybridized carbons (Fsp3) is 0.400. The van der Waals surface area contributed by atoms with Crippen molar-refractivity contribution in [1.29, 1.82) is 0 Å². The van der Waals surface area contributed by atoms with Crippen molar-refractivity contribution in [1.82, 2.24) is 10.3 Å². The van der Waals surface area contributed by atoms with E-state index in [1.807, 2.05) is 0 Å². The number of pyridine rings is 1. The number of hydrogen-bond acceptors (Lipinski definition) is 2. The minimum atomic E-state index is 1.09. The van der Waals surface area contributed by atoms with Crippen LogP contribution in [0.1, 0.15) is 22.4 Å². The number of fused-ring (bicyclic) bond motifs is 2. The van der Waals surface area contributed by atoms with Gasteiger partial charge < -0.3 is 5.32 Å². The average molecular weight is 226 g/mol. The third-order valence-corrected chi connectivity index (χ3v) is 3.72. The minimum Gasteiger partial charge on any atom is -0.316 e. The van der Waals surface area contributed by atoms with Gasteiger partial charge in [0.2, 0.25) is 0 Å². The number of nitrogens with one attached hydrogen (secondary N) is 1. The van der Waals surface area contributed by atoms with Crippen molar-refractivity contribution in [2.75, 3.05) is 13.1 Å². The molecule has 2 aromatic rings. The van der Waals surface area contributed by atoms with Crippen LogP contribution in [0.15, 0.2) is 18.2 Å². The van der Waals surface area contributed by atoms with E-state index in [2.05, 4.69) is 37.4 Å². The number of aromatic nitrogens is 1. The number of aryl methyl sites for hydroxylation is 2. The number of benzene rings is 1. The Bertz CT molecular complexity index is 522. The zero-order chi connectivity index (χ0) is 11.8. The molecule has 0 spiro atoms. The summed E-state index contributed by atoms with van der Waals surface area (Å²) >= 11 is 0. The summed E-state index contributed by atoms with van der Waals surface area (Å²) in [5.74, 6) is 0. The maximum atomic E-state index is 4.69. The van der Waals surface area contributed by atoms with E-state index in [4.69, 9.17) is 4.98 Å². The van der Waals surface area contributed by atoms with Crippen LogP contribution in [0.25, 0.3) is 10.9 Å². The molecule has 17 heavy (non-hydrogen) atoms. The summed E-state index contributed by atoms with van der Waals surface area (Å²) in [6.45, 7) is 6.40. The van der Waals surface area contributed by atoms with Crippen LogP contribution in [0.4, 0.5) is 0 Å². The molecule has 1 aliphatic rings. The second kappa shape index (κ2) is 4.11. The fourth-order valence-electron chi connectivity index (χ4n) is 2.55. The molecule has 3 rings (SSSR count). The molecule has 0 saturated heterocycles. The van der Waals surface area contributed by atoms with Crippen LogP contribution in [0.3, 0.4) is 0 Å². The second-order valence-electron chi connectivity index (χ2n) is 4.95. The molecule has 0 bridgehead atoms. The van der Waals surface area contributed by atoms with E-state index in [1.54, 1.807) is 0 Å². The van der Waals surface area contributed by atoms with Crippen LogP contribution >= 0.6 is 0 Å². The fourth-order valence-corrected chi connectivity index (χ4v) is 2.55. The molecule has 1 aromatic heterocycles. The summed E-state index contributed by atoms with van der Waals surface area (Å²) in [7, 11) is 0. The van der Waals surface area contributed by atoms with Crippen molar-refractivity contribution in [3.63, 3.8) is 0 Å². The lowest BCUT2D eigenvalue weighted by atomic mass is 9.99. The molecule has 2 heteroatoms. The first kappa shape index (κ1) is 10.7. The van der Waals surface area contributed by atoms with Gasteiger partial charge in [0, 0.05) is 11.1 Å². The van der Waals surface area contributed by atoms with E-state index < -0.39 is 0 Å². The molecular formula is C15H18N2. The summed E-state index contributed by atoms with van der Waals surface area (Å²) in [6, 6.07) is 6.87. The van der Waals surface area contributed by atoms with Crippen molar-refractivity contribution in [2.45, 2.75) is 26.7 Å². The lowest BCUT2D eigenvalue weighted by Gasteiger charge is -2.09. The maximum absolute atomic E-state index is 4.69. The molecule has 0 fully saturated rings. The highest BCUT2D eigenvalue weighted by Crippen LogP contribution is 2.22. The topological polar surface area (TPSA) is 24.9 Å². The lowest BCUT2D eigenvalue weighted by Crippen LogP contribution is -2.16. The molecule has 0 saturated carbocycles. The van der Waals surface area contributed by atoms with Gasteiger partial charge in [0.1, 0.15) is 0 Å². The third-order valence-electron chi connectivity index (χ3n) is 3.72. The predicted octanol–water partition coefficient (Wildman–Crippen LogP) is 2.54. The first-order valence-electron chi connectivity index (χ1n) is 6.34. The van der Waals surface area contributed by atoms with E-state index in [0.717, 1.165) is 37.1 Å². The molecular weight excluding hydrogens is 208 g/mol. The molecule has 0 aliphatic carbocycles. The normalized spacial score (nSPS) is 15.6. The first-order chi connectivity index (χ1) is 8.24. The molecule has 1 aromatic carbocycles. The zero-order valence-corrected chi connectivity index (χ0v) is 10.5. The van der Waals surface area contributed by atoms with Crippen LogP contribution < -0.4 is 5.32 Å². The Morgan fingerprint density at radius 3 is 2.47 bits per heavy atom. The summed E-state index contributed by atoms with van der Waals surface area (Å²) in [4.78, 5) is 4.69. The van der Waals surface area contributed by atoms with E-state index in [1.165, 1.54) is 22.1 Å². The molecule has 0 amide bonds. The summed E-state index contributed by atoms with van der Waals surface area (Å²) in [6.07, 6.45) is 2.26. The van der Waals surface area contributed by atoms with Crippen molar-refractivity contribution in [3.05, 3.63) is 40.6 Å². The Hall–Kier alpha value is -1.41. The van der Waals surface area contributed by atoms with Crippen molar-refractivity contribution >= 4 is 10.9 Å². The maximum Gasteiger partial charge on any atom is 0.0708 e. The largest absolute Gasteiger partial charge is 0.316 e. The van der Waals surface area contributed by atoms with Gasteiger partial charge in [-0.25, -0.2) is 0 Å². The molecule has 0 radical (unpaired) electrons. The molecule has 0 unspecified atom stereocenters. The second-order valence-corrected chi connectivity index (χ2v) is 4.95. The number of hydrogen-bond donors (Lipinski definition) is 1. The monoisotopic (exact) mass is 226 g/mol. The van der Waals surface area contributed by atoms with E-state index >= 15 is 0 Å². The highest BCUT2D eigenvalue weighted by atomic mass is 14.8. The highest BCUT2D eigenvalue weighted by molar-refractivity contribution is 5.81. The van der Waals surface area contributed by atoms with Crippen molar-refractivity contribution in [2.24, 2.45) is 0 Å². The molecule has 0 atom stereocenters. The summed E-state index contributed by atoms with van der Waals surface area (Å²) in [5.41, 5.74) is 6.54. The van der Waals surface area contributed by atoms with Crippen LogP contribution in [0.5, 0.6) is 0 Å². The average Bonchev–Trinajstić information content (AvgIpc) is 2.53. The van der Waals surface area contributed by atoms with E-state index in [-0.39, 0.29) is 0 Å².